The summed E-state index contributed by atoms with van der Waals surface area (Å²) in [4.78, 5) is 0. The van der Waals surface area contributed by atoms with Gasteiger partial charge in [-0.25, -0.2) is 0 Å². The summed E-state index contributed by atoms with van der Waals surface area (Å²) in [7, 11) is 0. The lowest BCUT2D eigenvalue weighted by Crippen LogP contribution is -2.04. The third-order valence-corrected chi connectivity index (χ3v) is 2.53. The summed E-state index contributed by atoms with van der Waals surface area (Å²) >= 11 is 0. The fourth-order valence-corrected chi connectivity index (χ4v) is 1.21. The lowest BCUT2D eigenvalue weighted by molar-refractivity contribution is 0.409. The van der Waals surface area contributed by atoms with Gasteiger partial charge in [0.2, 0.25) is 0 Å². The van der Waals surface area contributed by atoms with Crippen LogP contribution in [0.2, 0.25) is 0 Å². The third kappa shape index (κ3) is 5.06. The van der Waals surface area contributed by atoms with Crippen molar-refractivity contribution in [1.82, 2.24) is 0 Å². The van der Waals surface area contributed by atoms with Crippen LogP contribution in [-0.2, 0) is 0 Å². The van der Waals surface area contributed by atoms with E-state index in [9.17, 15) is 0 Å². The van der Waals surface area contributed by atoms with E-state index in [1.54, 1.807) is 0 Å². The molecule has 11 heavy (non-hydrogen) atoms. The van der Waals surface area contributed by atoms with Crippen LogP contribution in [0.1, 0.15) is 46.5 Å². The topological polar surface area (TPSA) is 0 Å². The fraction of sp³-hybridized carbons (Fsp3) is 0.818. The van der Waals surface area contributed by atoms with Gasteiger partial charge < -0.3 is 0 Å². The molecule has 0 saturated carbocycles. The van der Waals surface area contributed by atoms with E-state index < -0.39 is 0 Å². The highest BCUT2D eigenvalue weighted by atomic mass is 14.1. The van der Waals surface area contributed by atoms with Crippen LogP contribution >= 0.6 is 0 Å². The fourth-order valence-electron chi connectivity index (χ4n) is 1.21. The van der Waals surface area contributed by atoms with Crippen LogP contribution in [-0.4, -0.2) is 0 Å². The van der Waals surface area contributed by atoms with Crippen molar-refractivity contribution in [3.8, 4) is 0 Å². The second kappa shape index (κ2) is 6.45. The molecule has 0 aromatic carbocycles. The minimum absolute atomic E-state index is 0.687. The summed E-state index contributed by atoms with van der Waals surface area (Å²) in [6.45, 7) is 10.6. The average molecular weight is 154 g/mol. The van der Waals surface area contributed by atoms with Crippen LogP contribution in [0.4, 0.5) is 0 Å². The largest absolute Gasteiger partial charge is 0.103 e. The molecule has 0 bridgehead atoms. The van der Waals surface area contributed by atoms with Crippen molar-refractivity contribution in [1.29, 1.82) is 0 Å². The predicted octanol–water partition coefficient (Wildman–Crippen LogP) is 4.02. The molecule has 0 radical (unpaired) electrons. The quantitative estimate of drug-likeness (QED) is 0.400. The maximum absolute atomic E-state index is 3.81. The molecule has 0 N–H and O–H groups in total. The van der Waals surface area contributed by atoms with Gasteiger partial charge in [0.05, 0.1) is 0 Å². The summed E-state index contributed by atoms with van der Waals surface area (Å²) in [6, 6.07) is 0. The van der Waals surface area contributed by atoms with Crippen molar-refractivity contribution in [2.24, 2.45) is 11.8 Å². The highest BCUT2D eigenvalue weighted by molar-refractivity contribution is 4.78. The molecule has 0 nitrogen and oxygen atoms in total. The first-order valence-corrected chi connectivity index (χ1v) is 4.84. The van der Waals surface area contributed by atoms with Gasteiger partial charge in [-0.2, -0.15) is 0 Å². The summed E-state index contributed by atoms with van der Waals surface area (Å²) in [5.41, 5.74) is 0. The molecule has 0 aliphatic carbocycles. The van der Waals surface area contributed by atoms with Gasteiger partial charge >= 0.3 is 0 Å². The van der Waals surface area contributed by atoms with Crippen molar-refractivity contribution < 1.29 is 0 Å². The standard InChI is InChI=1S/C11H22/c1-5-7-8-9-11(4)10(3)6-2/h6,10-11H,2,5,7-9H2,1,3-4H3. The lowest BCUT2D eigenvalue weighted by atomic mass is 9.91. The predicted molar refractivity (Wildman–Crippen MR) is 52.7 cm³/mol. The Morgan fingerprint density at radius 3 is 2.36 bits per heavy atom. The molecule has 0 aliphatic rings. The van der Waals surface area contributed by atoms with Gasteiger partial charge in [0.25, 0.3) is 0 Å². The van der Waals surface area contributed by atoms with Crippen LogP contribution in [0.3, 0.4) is 0 Å². The molecule has 0 heterocycles. The van der Waals surface area contributed by atoms with Gasteiger partial charge in [0.1, 0.15) is 0 Å². The highest BCUT2D eigenvalue weighted by Gasteiger charge is 2.06. The van der Waals surface area contributed by atoms with Crippen LogP contribution in [0.5, 0.6) is 0 Å². The van der Waals surface area contributed by atoms with E-state index in [0.717, 1.165) is 5.92 Å². The van der Waals surface area contributed by atoms with Crippen molar-refractivity contribution in [2.75, 3.05) is 0 Å². The van der Waals surface area contributed by atoms with E-state index in [1.807, 2.05) is 0 Å². The molecule has 0 fully saturated rings. The second-order valence-electron chi connectivity index (χ2n) is 3.57. The van der Waals surface area contributed by atoms with E-state index in [0.29, 0.717) is 5.92 Å². The molecule has 2 unspecified atom stereocenters. The van der Waals surface area contributed by atoms with Gasteiger partial charge in [0.15, 0.2) is 0 Å². The molecule has 0 amide bonds. The molecule has 0 aromatic heterocycles. The van der Waals surface area contributed by atoms with Gasteiger partial charge in [-0.05, 0) is 11.8 Å². The molecule has 0 saturated heterocycles. The van der Waals surface area contributed by atoms with E-state index in [4.69, 9.17) is 0 Å². The van der Waals surface area contributed by atoms with E-state index >= 15 is 0 Å². The monoisotopic (exact) mass is 154 g/mol. The molecular weight excluding hydrogens is 132 g/mol. The Kier molecular flexibility index (Phi) is 6.30. The minimum atomic E-state index is 0.687. The number of rotatable bonds is 6. The number of unbranched alkanes of at least 4 members (excludes halogenated alkanes) is 2. The van der Waals surface area contributed by atoms with Gasteiger partial charge in [-0.3, -0.25) is 0 Å². The zero-order valence-electron chi connectivity index (χ0n) is 8.27. The maximum Gasteiger partial charge on any atom is -0.0239 e. The van der Waals surface area contributed by atoms with Crippen LogP contribution in [0.25, 0.3) is 0 Å². The lowest BCUT2D eigenvalue weighted by Gasteiger charge is -2.15. The van der Waals surface area contributed by atoms with Crippen molar-refractivity contribution in [2.45, 2.75) is 46.5 Å². The summed E-state index contributed by atoms with van der Waals surface area (Å²) in [5, 5.41) is 0. The third-order valence-electron chi connectivity index (χ3n) is 2.53. The highest BCUT2D eigenvalue weighted by Crippen LogP contribution is 2.18. The average Bonchev–Trinajstić information content (AvgIpc) is 2.03. The van der Waals surface area contributed by atoms with Gasteiger partial charge in [-0.15, -0.1) is 6.58 Å². The number of allylic oxidation sites excluding steroid dienone is 1. The molecule has 0 rings (SSSR count). The first-order chi connectivity index (χ1) is 5.22. The second-order valence-corrected chi connectivity index (χ2v) is 3.57. The normalized spacial score (nSPS) is 15.9. The molecule has 0 aliphatic heterocycles. The molecular formula is C11H22. The van der Waals surface area contributed by atoms with Crippen molar-refractivity contribution in [3.63, 3.8) is 0 Å². The molecule has 0 aromatic rings. The number of hydrogen-bond donors (Lipinski definition) is 0. The zero-order valence-corrected chi connectivity index (χ0v) is 8.27. The van der Waals surface area contributed by atoms with Crippen molar-refractivity contribution >= 4 is 0 Å². The Bertz CT molecular complexity index is 94.2. The molecule has 0 heteroatoms. The SMILES string of the molecule is C=CC(C)C(C)CCCCC. The molecule has 66 valence electrons. The zero-order chi connectivity index (χ0) is 8.69. The van der Waals surface area contributed by atoms with Crippen LogP contribution < -0.4 is 0 Å². The van der Waals surface area contributed by atoms with E-state index in [2.05, 4.69) is 33.4 Å². The smallest absolute Gasteiger partial charge is 0.0239 e. The first-order valence-electron chi connectivity index (χ1n) is 4.84. The van der Waals surface area contributed by atoms with Crippen LogP contribution in [0, 0.1) is 11.8 Å². The summed E-state index contributed by atoms with van der Waals surface area (Å²) < 4.78 is 0. The molecule has 2 atom stereocenters. The molecule has 0 spiro atoms. The van der Waals surface area contributed by atoms with Crippen LogP contribution in [0.15, 0.2) is 12.7 Å². The maximum atomic E-state index is 3.81. The minimum Gasteiger partial charge on any atom is -0.103 e. The van der Waals surface area contributed by atoms with E-state index in [-0.39, 0.29) is 0 Å². The summed E-state index contributed by atoms with van der Waals surface area (Å²) in [6.07, 6.45) is 7.52. The van der Waals surface area contributed by atoms with Crippen molar-refractivity contribution in [3.05, 3.63) is 12.7 Å². The van der Waals surface area contributed by atoms with Gasteiger partial charge in [-0.1, -0.05) is 52.5 Å². The van der Waals surface area contributed by atoms with E-state index in [1.165, 1.54) is 25.7 Å². The number of hydrogen-bond acceptors (Lipinski definition) is 0. The summed E-state index contributed by atoms with van der Waals surface area (Å²) in [5.74, 6) is 1.51. The Morgan fingerprint density at radius 2 is 1.91 bits per heavy atom. The Balaban J connectivity index is 3.35. The Morgan fingerprint density at radius 1 is 1.27 bits per heavy atom. The van der Waals surface area contributed by atoms with Gasteiger partial charge in [0, 0.05) is 0 Å². The first kappa shape index (κ1) is 10.7. The Hall–Kier alpha value is -0.260. The Labute approximate surface area is 71.7 Å².